The standard InChI is InChI=1S/C11H13N5O10/c17-1-2(18)6-4(19)5(20)9(25-6)26-15-3-7(13-11(15)16(23)24)12-10(22)14-8(3)21/h2,4-6,9,17-20H,1H2,(H2,12,14,21,22)/t2-,4-,5-,6-,9?/m1/s1. The minimum absolute atomic E-state index is 0.318. The molecule has 5 atom stereocenters. The van der Waals surface area contributed by atoms with Gasteiger partial charge in [-0.2, -0.15) is 0 Å². The Hall–Kier alpha value is -2.85. The Labute approximate surface area is 141 Å². The second-order valence-electron chi connectivity index (χ2n) is 5.37. The fourth-order valence-corrected chi connectivity index (χ4v) is 2.48. The van der Waals surface area contributed by atoms with Gasteiger partial charge in [-0.05, 0) is 14.6 Å². The predicted molar refractivity (Wildman–Crippen MR) is 78.0 cm³/mol. The van der Waals surface area contributed by atoms with Crippen molar-refractivity contribution in [1.29, 1.82) is 0 Å². The number of hydrogen-bond donors (Lipinski definition) is 6. The van der Waals surface area contributed by atoms with E-state index in [1.165, 1.54) is 0 Å². The van der Waals surface area contributed by atoms with E-state index in [-0.39, 0.29) is 0 Å². The van der Waals surface area contributed by atoms with Crippen molar-refractivity contribution in [2.24, 2.45) is 0 Å². The Morgan fingerprint density at radius 2 is 2.04 bits per heavy atom. The van der Waals surface area contributed by atoms with Gasteiger partial charge in [-0.1, -0.05) is 0 Å². The Balaban J connectivity index is 2.03. The van der Waals surface area contributed by atoms with E-state index in [9.17, 15) is 35.0 Å². The second kappa shape index (κ2) is 6.46. The van der Waals surface area contributed by atoms with Gasteiger partial charge in [-0.3, -0.25) is 14.8 Å². The highest BCUT2D eigenvalue weighted by Crippen LogP contribution is 2.25. The first-order valence-corrected chi connectivity index (χ1v) is 7.11. The van der Waals surface area contributed by atoms with Gasteiger partial charge in [-0.25, -0.2) is 4.79 Å². The summed E-state index contributed by atoms with van der Waals surface area (Å²) in [5, 5.41) is 49.4. The summed E-state index contributed by atoms with van der Waals surface area (Å²) in [6, 6.07) is 0. The summed E-state index contributed by atoms with van der Waals surface area (Å²) in [5.41, 5.74) is -3.02. The Morgan fingerprint density at radius 1 is 1.35 bits per heavy atom. The molecule has 0 aliphatic carbocycles. The van der Waals surface area contributed by atoms with Crippen molar-refractivity contribution < 1.29 is 34.9 Å². The number of aliphatic hydroxyl groups excluding tert-OH is 4. The van der Waals surface area contributed by atoms with Crippen LogP contribution in [0.3, 0.4) is 0 Å². The maximum atomic E-state index is 11.9. The zero-order chi connectivity index (χ0) is 19.2. The lowest BCUT2D eigenvalue weighted by molar-refractivity contribution is -0.403. The molecule has 3 heterocycles. The lowest BCUT2D eigenvalue weighted by Crippen LogP contribution is -2.41. The summed E-state index contributed by atoms with van der Waals surface area (Å²) in [4.78, 5) is 45.8. The molecule has 0 radical (unpaired) electrons. The van der Waals surface area contributed by atoms with Gasteiger partial charge in [0.25, 0.3) is 17.5 Å². The van der Waals surface area contributed by atoms with E-state index < -0.39 is 70.6 Å². The monoisotopic (exact) mass is 375 g/mol. The van der Waals surface area contributed by atoms with Gasteiger partial charge in [0, 0.05) is 0 Å². The van der Waals surface area contributed by atoms with Crippen LogP contribution in [0.4, 0.5) is 5.95 Å². The number of hydrogen-bond acceptors (Lipinski definition) is 11. The summed E-state index contributed by atoms with van der Waals surface area (Å²) in [7, 11) is 0. The molecule has 15 nitrogen and oxygen atoms in total. The molecule has 142 valence electrons. The van der Waals surface area contributed by atoms with E-state index in [0.717, 1.165) is 0 Å². The van der Waals surface area contributed by atoms with E-state index in [0.29, 0.717) is 4.73 Å². The first-order chi connectivity index (χ1) is 12.2. The molecule has 0 amide bonds. The normalized spacial score (nSPS) is 26.9. The van der Waals surface area contributed by atoms with E-state index in [4.69, 9.17) is 14.7 Å². The highest BCUT2D eigenvalue weighted by atomic mass is 16.8. The number of aliphatic hydroxyl groups is 4. The number of aromatic amines is 2. The average Bonchev–Trinajstić information content (AvgIpc) is 3.07. The molecule has 26 heavy (non-hydrogen) atoms. The third kappa shape index (κ3) is 2.82. The highest BCUT2D eigenvalue weighted by molar-refractivity contribution is 5.71. The van der Waals surface area contributed by atoms with Crippen molar-refractivity contribution in [2.75, 3.05) is 6.61 Å². The number of nitrogens with zero attached hydrogens (tertiary/aromatic N) is 3. The summed E-state index contributed by atoms with van der Waals surface area (Å²) in [5.74, 6) is -1.01. The minimum atomic E-state index is -1.78. The lowest BCUT2D eigenvalue weighted by atomic mass is 10.1. The second-order valence-corrected chi connectivity index (χ2v) is 5.37. The van der Waals surface area contributed by atoms with Gasteiger partial charge in [-0.15, -0.1) is 0 Å². The zero-order valence-corrected chi connectivity index (χ0v) is 12.7. The largest absolute Gasteiger partial charge is 0.474 e. The summed E-state index contributed by atoms with van der Waals surface area (Å²) < 4.78 is 5.39. The van der Waals surface area contributed by atoms with Crippen LogP contribution in [0.15, 0.2) is 9.59 Å². The number of nitro groups is 1. The molecule has 0 aromatic carbocycles. The Bertz CT molecular complexity index is 949. The number of fused-ring (bicyclic) bond motifs is 1. The maximum absolute atomic E-state index is 11.9. The van der Waals surface area contributed by atoms with Crippen LogP contribution >= 0.6 is 0 Å². The number of aromatic nitrogens is 4. The summed E-state index contributed by atoms with van der Waals surface area (Å²) in [6.45, 7) is -0.795. The zero-order valence-electron chi connectivity index (χ0n) is 12.7. The van der Waals surface area contributed by atoms with Crippen LogP contribution in [-0.4, -0.2) is 82.3 Å². The first kappa shape index (κ1) is 18.0. The van der Waals surface area contributed by atoms with Crippen molar-refractivity contribution in [2.45, 2.75) is 30.7 Å². The number of H-pyrrole nitrogens is 2. The lowest BCUT2D eigenvalue weighted by Gasteiger charge is -2.18. The van der Waals surface area contributed by atoms with Crippen LogP contribution in [0.1, 0.15) is 0 Å². The van der Waals surface area contributed by atoms with Crippen LogP contribution in [0.2, 0.25) is 0 Å². The molecule has 2 aromatic heterocycles. The molecule has 15 heteroatoms. The van der Waals surface area contributed by atoms with E-state index >= 15 is 0 Å². The molecule has 0 spiro atoms. The summed E-state index contributed by atoms with van der Waals surface area (Å²) >= 11 is 0. The Kier molecular flexibility index (Phi) is 4.46. The number of ether oxygens (including phenoxy) is 1. The maximum Gasteiger partial charge on any atom is 0.474 e. The Morgan fingerprint density at radius 3 is 2.65 bits per heavy atom. The third-order valence-electron chi connectivity index (χ3n) is 3.69. The molecule has 1 saturated heterocycles. The molecule has 0 bridgehead atoms. The van der Waals surface area contributed by atoms with E-state index in [1.54, 1.807) is 0 Å². The van der Waals surface area contributed by atoms with Crippen LogP contribution in [0.25, 0.3) is 11.2 Å². The topological polar surface area (TPSA) is 226 Å². The molecule has 1 unspecified atom stereocenters. The fraction of sp³-hybridized carbons (Fsp3) is 0.545. The number of nitrogens with one attached hydrogen (secondary N) is 2. The van der Waals surface area contributed by atoms with Gasteiger partial charge in [0.1, 0.15) is 24.4 Å². The van der Waals surface area contributed by atoms with Gasteiger partial charge in [0.2, 0.25) is 0 Å². The molecule has 6 N–H and O–H groups in total. The van der Waals surface area contributed by atoms with Crippen molar-refractivity contribution in [3.8, 4) is 0 Å². The first-order valence-electron chi connectivity index (χ1n) is 7.11. The van der Waals surface area contributed by atoms with E-state index in [1.807, 2.05) is 4.98 Å². The van der Waals surface area contributed by atoms with Gasteiger partial charge in [0.15, 0.2) is 0 Å². The molecule has 2 aromatic rings. The quantitative estimate of drug-likeness (QED) is 0.216. The van der Waals surface area contributed by atoms with Crippen molar-refractivity contribution >= 4 is 17.1 Å². The van der Waals surface area contributed by atoms with Crippen LogP contribution < -0.4 is 16.1 Å². The van der Waals surface area contributed by atoms with Crippen molar-refractivity contribution in [3.63, 3.8) is 0 Å². The number of imidazole rings is 1. The smallest absolute Gasteiger partial charge is 0.394 e. The number of rotatable bonds is 5. The average molecular weight is 375 g/mol. The molecule has 1 aliphatic heterocycles. The van der Waals surface area contributed by atoms with Crippen LogP contribution in [0, 0.1) is 10.1 Å². The molecule has 3 rings (SSSR count). The van der Waals surface area contributed by atoms with Crippen LogP contribution in [0.5, 0.6) is 0 Å². The van der Waals surface area contributed by atoms with Crippen molar-refractivity contribution in [1.82, 2.24) is 19.7 Å². The van der Waals surface area contributed by atoms with Gasteiger partial charge < -0.3 is 40.1 Å². The molecular formula is C11H13N5O10. The highest BCUT2D eigenvalue weighted by Gasteiger charge is 2.49. The third-order valence-corrected chi connectivity index (χ3v) is 3.69. The van der Waals surface area contributed by atoms with Crippen LogP contribution in [-0.2, 0) is 4.74 Å². The molecule has 1 aliphatic rings. The van der Waals surface area contributed by atoms with Gasteiger partial charge >= 0.3 is 17.2 Å². The molecular weight excluding hydrogens is 362 g/mol. The SMILES string of the molecule is O=c1[nH]c(=O)c2c(nc([N+](=O)[O-])n2OC2O[C@H]([C@H](O)CO)[C@H](O)[C@H]2O)[nH]1. The molecule has 1 fully saturated rings. The summed E-state index contributed by atoms with van der Waals surface area (Å²) in [6.07, 6.45) is -8.23. The molecule has 0 saturated carbocycles. The predicted octanol–water partition coefficient (Wildman–Crippen LogP) is -4.45. The van der Waals surface area contributed by atoms with Crippen molar-refractivity contribution in [3.05, 3.63) is 31.0 Å². The van der Waals surface area contributed by atoms with E-state index in [2.05, 4.69) is 9.97 Å². The fourth-order valence-electron chi connectivity index (χ4n) is 2.48. The van der Waals surface area contributed by atoms with Gasteiger partial charge in [0.05, 0.1) is 6.61 Å². The minimum Gasteiger partial charge on any atom is -0.394 e.